The zero-order valence-corrected chi connectivity index (χ0v) is 15.0. The fourth-order valence-corrected chi connectivity index (χ4v) is 2.27. The first-order valence-electron chi connectivity index (χ1n) is 9.22. The SMILES string of the molecule is CCCCCC=CC=CC(=O)CCCCCCCC(=O)OCC. The van der Waals surface area contributed by atoms with E-state index < -0.39 is 0 Å². The van der Waals surface area contributed by atoms with Gasteiger partial charge in [-0.15, -0.1) is 0 Å². The summed E-state index contributed by atoms with van der Waals surface area (Å²) in [5.41, 5.74) is 0. The molecule has 0 amide bonds. The van der Waals surface area contributed by atoms with E-state index >= 15 is 0 Å². The molecule has 0 aliphatic carbocycles. The molecule has 23 heavy (non-hydrogen) atoms. The number of carbonyl (C=O) groups is 2. The van der Waals surface area contributed by atoms with E-state index in [0.29, 0.717) is 19.4 Å². The highest BCUT2D eigenvalue weighted by Crippen LogP contribution is 2.08. The third-order valence-electron chi connectivity index (χ3n) is 3.61. The Morgan fingerprint density at radius 3 is 2.22 bits per heavy atom. The third-order valence-corrected chi connectivity index (χ3v) is 3.61. The molecule has 0 bridgehead atoms. The minimum absolute atomic E-state index is 0.101. The van der Waals surface area contributed by atoms with Crippen molar-refractivity contribution in [3.8, 4) is 0 Å². The van der Waals surface area contributed by atoms with Gasteiger partial charge in [-0.25, -0.2) is 0 Å². The van der Waals surface area contributed by atoms with E-state index in [2.05, 4.69) is 13.0 Å². The van der Waals surface area contributed by atoms with Crippen LogP contribution in [0.4, 0.5) is 0 Å². The van der Waals surface area contributed by atoms with Crippen LogP contribution in [0.15, 0.2) is 24.3 Å². The first kappa shape index (κ1) is 21.6. The minimum atomic E-state index is -0.101. The lowest BCUT2D eigenvalue weighted by Crippen LogP contribution is -2.03. The minimum Gasteiger partial charge on any atom is -0.466 e. The van der Waals surface area contributed by atoms with Crippen molar-refractivity contribution < 1.29 is 14.3 Å². The van der Waals surface area contributed by atoms with Crippen LogP contribution >= 0.6 is 0 Å². The van der Waals surface area contributed by atoms with Crippen molar-refractivity contribution in [3.05, 3.63) is 24.3 Å². The molecule has 0 aromatic carbocycles. The van der Waals surface area contributed by atoms with E-state index in [0.717, 1.165) is 38.5 Å². The maximum Gasteiger partial charge on any atom is 0.305 e. The summed E-state index contributed by atoms with van der Waals surface area (Å²) in [4.78, 5) is 22.8. The molecule has 0 radical (unpaired) electrons. The second kappa shape index (κ2) is 17.0. The zero-order chi connectivity index (χ0) is 17.2. The van der Waals surface area contributed by atoms with Crippen molar-refractivity contribution in [2.24, 2.45) is 0 Å². The van der Waals surface area contributed by atoms with Gasteiger partial charge in [0.15, 0.2) is 5.78 Å². The van der Waals surface area contributed by atoms with Crippen molar-refractivity contribution in [1.29, 1.82) is 0 Å². The van der Waals surface area contributed by atoms with Gasteiger partial charge in [0.05, 0.1) is 6.61 Å². The zero-order valence-electron chi connectivity index (χ0n) is 15.0. The number of unbranched alkanes of at least 4 members (excludes halogenated alkanes) is 7. The third kappa shape index (κ3) is 16.8. The quantitative estimate of drug-likeness (QED) is 0.172. The largest absolute Gasteiger partial charge is 0.466 e. The predicted molar refractivity (Wildman–Crippen MR) is 96.4 cm³/mol. The van der Waals surface area contributed by atoms with E-state index in [1.165, 1.54) is 19.3 Å². The highest BCUT2D eigenvalue weighted by molar-refractivity contribution is 5.89. The lowest BCUT2D eigenvalue weighted by atomic mass is 10.1. The molecule has 0 aromatic heterocycles. The molecule has 0 aliphatic rings. The van der Waals surface area contributed by atoms with Gasteiger partial charge >= 0.3 is 5.97 Å². The van der Waals surface area contributed by atoms with Crippen molar-refractivity contribution >= 4 is 11.8 Å². The maximum atomic E-state index is 11.6. The molecule has 3 nitrogen and oxygen atoms in total. The Bertz CT molecular complexity index is 356. The monoisotopic (exact) mass is 322 g/mol. The summed E-state index contributed by atoms with van der Waals surface area (Å²) < 4.78 is 4.88. The molecule has 0 rings (SSSR count). The molecule has 0 aromatic rings. The number of ketones is 1. The molecule has 0 unspecified atom stereocenters. The van der Waals surface area contributed by atoms with Crippen LogP contribution in [0.5, 0.6) is 0 Å². The summed E-state index contributed by atoms with van der Waals surface area (Å²) in [5.74, 6) is 0.102. The Labute approximate surface area is 142 Å². The molecule has 0 spiro atoms. The molecular weight excluding hydrogens is 288 g/mol. The molecule has 0 fully saturated rings. The number of hydrogen-bond acceptors (Lipinski definition) is 3. The lowest BCUT2D eigenvalue weighted by molar-refractivity contribution is -0.143. The van der Waals surface area contributed by atoms with Crippen molar-refractivity contribution in [1.82, 2.24) is 0 Å². The fraction of sp³-hybridized carbons (Fsp3) is 0.700. The van der Waals surface area contributed by atoms with Gasteiger partial charge in [-0.2, -0.15) is 0 Å². The van der Waals surface area contributed by atoms with Gasteiger partial charge in [0.2, 0.25) is 0 Å². The molecule has 0 atom stereocenters. The van der Waals surface area contributed by atoms with Gasteiger partial charge in [0.25, 0.3) is 0 Å². The summed E-state index contributed by atoms with van der Waals surface area (Å²) >= 11 is 0. The topological polar surface area (TPSA) is 43.4 Å². The summed E-state index contributed by atoms with van der Waals surface area (Å²) in [6.45, 7) is 4.48. The molecule has 0 aliphatic heterocycles. The van der Waals surface area contributed by atoms with Crippen molar-refractivity contribution in [2.45, 2.75) is 84.5 Å². The molecule has 0 saturated heterocycles. The molecule has 0 saturated carbocycles. The van der Waals surface area contributed by atoms with Crippen LogP contribution < -0.4 is 0 Å². The van der Waals surface area contributed by atoms with Gasteiger partial charge in [0, 0.05) is 12.8 Å². The number of carbonyl (C=O) groups excluding carboxylic acids is 2. The van der Waals surface area contributed by atoms with Crippen LogP contribution in [0, 0.1) is 0 Å². The molecule has 0 N–H and O–H groups in total. The number of ether oxygens (including phenoxy) is 1. The molecule has 3 heteroatoms. The van der Waals surface area contributed by atoms with E-state index in [1.807, 2.05) is 19.1 Å². The highest BCUT2D eigenvalue weighted by Gasteiger charge is 2.01. The smallest absolute Gasteiger partial charge is 0.305 e. The Kier molecular flexibility index (Phi) is 16.0. The highest BCUT2D eigenvalue weighted by atomic mass is 16.5. The maximum absolute atomic E-state index is 11.6. The van der Waals surface area contributed by atoms with Crippen molar-refractivity contribution in [3.63, 3.8) is 0 Å². The Morgan fingerprint density at radius 1 is 0.826 bits per heavy atom. The fourth-order valence-electron chi connectivity index (χ4n) is 2.27. The number of esters is 1. The summed E-state index contributed by atoms with van der Waals surface area (Å²) in [7, 11) is 0. The van der Waals surface area contributed by atoms with Gasteiger partial charge < -0.3 is 4.74 Å². The van der Waals surface area contributed by atoms with Gasteiger partial charge in [-0.1, -0.05) is 57.3 Å². The standard InChI is InChI=1S/C20H34O3/c1-3-5-6-7-8-10-13-16-19(21)17-14-11-9-12-15-18-20(22)23-4-2/h8,10,13,16H,3-7,9,11-12,14-15,17-18H2,1-2H3. The average molecular weight is 322 g/mol. The predicted octanol–water partition coefficient (Wildman–Crippen LogP) is 5.54. The van der Waals surface area contributed by atoms with Crippen molar-refractivity contribution in [2.75, 3.05) is 6.61 Å². The van der Waals surface area contributed by atoms with Crippen LogP contribution in [0.25, 0.3) is 0 Å². The van der Waals surface area contributed by atoms with Gasteiger partial charge in [0.1, 0.15) is 0 Å². The average Bonchev–Trinajstić information content (AvgIpc) is 2.53. The Morgan fingerprint density at radius 2 is 1.52 bits per heavy atom. The molecular formula is C20H34O3. The van der Waals surface area contributed by atoms with Gasteiger partial charge in [-0.05, 0) is 38.7 Å². The number of hydrogen-bond donors (Lipinski definition) is 0. The second-order valence-electron chi connectivity index (χ2n) is 5.82. The van der Waals surface area contributed by atoms with Crippen LogP contribution in [0.1, 0.15) is 84.5 Å². The Balaban J connectivity index is 3.44. The first-order valence-corrected chi connectivity index (χ1v) is 9.22. The molecule has 132 valence electrons. The van der Waals surface area contributed by atoms with Crippen LogP contribution in [-0.4, -0.2) is 18.4 Å². The Hall–Kier alpha value is -1.38. The normalized spacial score (nSPS) is 11.4. The lowest BCUT2D eigenvalue weighted by Gasteiger charge is -2.01. The van der Waals surface area contributed by atoms with E-state index in [1.54, 1.807) is 6.08 Å². The first-order chi connectivity index (χ1) is 11.2. The summed E-state index contributed by atoms with van der Waals surface area (Å²) in [6, 6.07) is 0. The van der Waals surface area contributed by atoms with Gasteiger partial charge in [-0.3, -0.25) is 9.59 Å². The molecule has 0 heterocycles. The van der Waals surface area contributed by atoms with Crippen LogP contribution in [-0.2, 0) is 14.3 Å². The van der Waals surface area contributed by atoms with E-state index in [9.17, 15) is 9.59 Å². The second-order valence-corrected chi connectivity index (χ2v) is 5.82. The van der Waals surface area contributed by atoms with E-state index in [4.69, 9.17) is 4.74 Å². The summed E-state index contributed by atoms with van der Waals surface area (Å²) in [6.07, 6.45) is 18.6. The number of allylic oxidation sites excluding steroid dienone is 4. The number of rotatable bonds is 15. The summed E-state index contributed by atoms with van der Waals surface area (Å²) in [5, 5.41) is 0. The van der Waals surface area contributed by atoms with E-state index in [-0.39, 0.29) is 11.8 Å². The van der Waals surface area contributed by atoms with Crippen LogP contribution in [0.2, 0.25) is 0 Å². The van der Waals surface area contributed by atoms with Crippen LogP contribution in [0.3, 0.4) is 0 Å².